The summed E-state index contributed by atoms with van der Waals surface area (Å²) in [6, 6.07) is 13.2. The number of amides is 1. The Morgan fingerprint density at radius 2 is 1.90 bits per heavy atom. The third-order valence-electron chi connectivity index (χ3n) is 7.56. The molecule has 2 atom stereocenters. The molecule has 0 saturated carbocycles. The van der Waals surface area contributed by atoms with E-state index >= 15 is 0 Å². The van der Waals surface area contributed by atoms with Crippen LogP contribution in [-0.4, -0.2) is 39.2 Å². The molecule has 1 fully saturated rings. The molecule has 0 aromatic carbocycles. The summed E-state index contributed by atoms with van der Waals surface area (Å²) in [5.41, 5.74) is 2.65. The van der Waals surface area contributed by atoms with Crippen LogP contribution in [0.5, 0.6) is 0 Å². The first kappa shape index (κ1) is 27.1. The Kier molecular flexibility index (Phi) is 7.37. The number of anilines is 2. The maximum Gasteiger partial charge on any atom is 0.265 e. The monoisotopic (exact) mass is 544 g/mol. The van der Waals surface area contributed by atoms with E-state index in [1.165, 1.54) is 11.9 Å². The van der Waals surface area contributed by atoms with Gasteiger partial charge < -0.3 is 10.2 Å². The second-order valence-electron chi connectivity index (χ2n) is 12.1. The Morgan fingerprint density at radius 3 is 2.62 bits per heavy atom. The minimum absolute atomic E-state index is 0.0757. The van der Waals surface area contributed by atoms with Crippen molar-refractivity contribution in [2.45, 2.75) is 75.9 Å². The molecule has 1 unspecified atom stereocenters. The molecule has 2 aliphatic rings. The number of carbonyl (C=O) groups is 2. The second-order valence-corrected chi connectivity index (χ2v) is 12.9. The number of fused-ring (bicyclic) bond motifs is 6. The summed E-state index contributed by atoms with van der Waals surface area (Å²) < 4.78 is 2.99. The van der Waals surface area contributed by atoms with Gasteiger partial charge in [0.2, 0.25) is 0 Å². The summed E-state index contributed by atoms with van der Waals surface area (Å²) >= 11 is 1.19. The number of hydrogen-bond donors (Lipinski definition) is 2. The van der Waals surface area contributed by atoms with Gasteiger partial charge in [-0.15, -0.1) is 0 Å². The van der Waals surface area contributed by atoms with E-state index in [9.17, 15) is 9.59 Å². The topological polar surface area (TPSA) is 100 Å². The van der Waals surface area contributed by atoms with E-state index in [1.54, 1.807) is 12.3 Å². The van der Waals surface area contributed by atoms with Crippen LogP contribution in [-0.2, 0) is 5.41 Å². The van der Waals surface area contributed by atoms with E-state index in [2.05, 4.69) is 54.5 Å². The van der Waals surface area contributed by atoms with E-state index in [1.807, 2.05) is 36.4 Å². The fraction of sp³-hybridized carbons (Fsp3) is 0.433. The van der Waals surface area contributed by atoms with Crippen LogP contribution in [0.3, 0.4) is 0 Å². The molecule has 2 aliphatic heterocycles. The van der Waals surface area contributed by atoms with E-state index in [4.69, 9.17) is 9.97 Å². The fourth-order valence-electron chi connectivity index (χ4n) is 5.48. The first-order valence-electron chi connectivity index (χ1n) is 13.4. The normalized spacial score (nSPS) is 21.2. The molecule has 8 nitrogen and oxygen atoms in total. The highest BCUT2D eigenvalue weighted by molar-refractivity contribution is 7.97. The number of aromatic nitrogens is 3. The zero-order valence-corrected chi connectivity index (χ0v) is 24.0. The lowest BCUT2D eigenvalue weighted by molar-refractivity contribution is 0.0984. The molecule has 39 heavy (non-hydrogen) atoms. The summed E-state index contributed by atoms with van der Waals surface area (Å²) in [6.45, 7) is 11.7. The van der Waals surface area contributed by atoms with Crippen LogP contribution in [0.25, 0.3) is 0 Å². The Bertz CT molecular complexity index is 1370. The van der Waals surface area contributed by atoms with Crippen LogP contribution in [0, 0.1) is 5.92 Å². The predicted molar refractivity (Wildman–Crippen MR) is 155 cm³/mol. The lowest BCUT2D eigenvalue weighted by Gasteiger charge is -2.34. The van der Waals surface area contributed by atoms with Crippen molar-refractivity contribution in [3.63, 3.8) is 0 Å². The Labute approximate surface area is 234 Å². The molecule has 204 valence electrons. The van der Waals surface area contributed by atoms with Crippen LogP contribution in [0.2, 0.25) is 0 Å². The first-order chi connectivity index (χ1) is 18.5. The first-order valence-corrected chi connectivity index (χ1v) is 14.3. The van der Waals surface area contributed by atoms with Crippen molar-refractivity contribution in [3.05, 3.63) is 71.2 Å². The number of pyridine rings is 3. The van der Waals surface area contributed by atoms with Crippen molar-refractivity contribution in [1.29, 1.82) is 0 Å². The zero-order valence-electron chi connectivity index (χ0n) is 23.2. The number of aldehydes is 1. The third-order valence-corrected chi connectivity index (χ3v) is 8.29. The van der Waals surface area contributed by atoms with Gasteiger partial charge in [0, 0.05) is 46.9 Å². The maximum atomic E-state index is 13.5. The van der Waals surface area contributed by atoms with Crippen molar-refractivity contribution in [1.82, 2.24) is 19.7 Å². The summed E-state index contributed by atoms with van der Waals surface area (Å²) in [5.74, 6) is 1.67. The molecule has 9 heteroatoms. The van der Waals surface area contributed by atoms with Crippen LogP contribution in [0.4, 0.5) is 11.6 Å². The molecule has 5 heterocycles. The Balaban J connectivity index is 1.54. The number of nitrogens with zero attached hydrogens (tertiary/aromatic N) is 4. The fourth-order valence-corrected chi connectivity index (χ4v) is 6.07. The summed E-state index contributed by atoms with van der Waals surface area (Å²) in [6.07, 6.45) is 5.22. The molecule has 3 aromatic heterocycles. The van der Waals surface area contributed by atoms with Gasteiger partial charge in [0.25, 0.3) is 5.91 Å². The quantitative estimate of drug-likeness (QED) is 0.301. The lowest BCUT2D eigenvalue weighted by atomic mass is 9.90. The summed E-state index contributed by atoms with van der Waals surface area (Å²) in [7, 11) is 0. The molecule has 1 saturated heterocycles. The number of nitrogens with one attached hydrogen (secondary N) is 2. The van der Waals surface area contributed by atoms with Gasteiger partial charge in [-0.1, -0.05) is 26.8 Å². The molecule has 5 rings (SSSR count). The molecule has 2 N–H and O–H groups in total. The van der Waals surface area contributed by atoms with Gasteiger partial charge >= 0.3 is 0 Å². The number of rotatable bonds is 2. The van der Waals surface area contributed by atoms with Gasteiger partial charge in [0.1, 0.15) is 16.7 Å². The molecule has 1 amide bonds. The Morgan fingerprint density at radius 1 is 1.08 bits per heavy atom. The molecular weight excluding hydrogens is 508 g/mol. The highest BCUT2D eigenvalue weighted by Gasteiger charge is 2.41. The average molecular weight is 545 g/mol. The van der Waals surface area contributed by atoms with Crippen LogP contribution in [0.15, 0.2) is 53.7 Å². The predicted octanol–water partition coefficient (Wildman–Crippen LogP) is 5.97. The van der Waals surface area contributed by atoms with E-state index < -0.39 is 0 Å². The van der Waals surface area contributed by atoms with Crippen LogP contribution < -0.4 is 14.9 Å². The highest BCUT2D eigenvalue weighted by atomic mass is 32.2. The zero-order chi connectivity index (χ0) is 27.8. The standard InChI is InChI=1S/C30H36N6O2S/c1-29(2,3)24-14-11-21-27(33-24)36-17-19(15-30(36,4)5)9-13-23(22-12-10-20(18-37)16-31-22)32-25-7-6-8-26(34-25)39-35-28(21)38/h6-8,10-12,14,16,18-19,23H,9,13,15,17H2,1-5H3,(H,32,34)(H,35,38)/t19-,23?/m0/s1. The molecule has 0 radical (unpaired) electrons. The summed E-state index contributed by atoms with van der Waals surface area (Å²) in [5, 5.41) is 4.23. The van der Waals surface area contributed by atoms with Gasteiger partial charge in [-0.25, -0.2) is 9.97 Å². The van der Waals surface area contributed by atoms with Gasteiger partial charge in [0.05, 0.1) is 17.3 Å². The van der Waals surface area contributed by atoms with Gasteiger partial charge in [-0.2, -0.15) is 0 Å². The maximum absolute atomic E-state index is 13.5. The minimum Gasteiger partial charge on any atom is -0.362 e. The average Bonchev–Trinajstić information content (AvgIpc) is 3.22. The van der Waals surface area contributed by atoms with Gasteiger partial charge in [0.15, 0.2) is 6.29 Å². The second kappa shape index (κ2) is 10.6. The smallest absolute Gasteiger partial charge is 0.265 e. The summed E-state index contributed by atoms with van der Waals surface area (Å²) in [4.78, 5) is 41.4. The minimum atomic E-state index is -0.186. The number of hydrogen-bond acceptors (Lipinski definition) is 8. The third kappa shape index (κ3) is 5.93. The Hall–Kier alpha value is -3.46. The highest BCUT2D eigenvalue weighted by Crippen LogP contribution is 2.41. The SMILES string of the molecule is CC(C)(C)c1ccc2c(n1)N1C[C@@H](CCC(c3ccc(C=O)cn3)Nc3cccc(n3)SNC2=O)CC1(C)C. The molecule has 4 bridgehead atoms. The largest absolute Gasteiger partial charge is 0.362 e. The molecular formula is C30H36N6O2S. The molecule has 0 aliphatic carbocycles. The van der Waals surface area contributed by atoms with Crippen molar-refractivity contribution in [2.24, 2.45) is 5.92 Å². The van der Waals surface area contributed by atoms with E-state index in [0.29, 0.717) is 27.9 Å². The van der Waals surface area contributed by atoms with Crippen molar-refractivity contribution < 1.29 is 9.59 Å². The van der Waals surface area contributed by atoms with Gasteiger partial charge in [-0.3, -0.25) is 19.3 Å². The van der Waals surface area contributed by atoms with E-state index in [-0.39, 0.29) is 22.9 Å². The van der Waals surface area contributed by atoms with Crippen molar-refractivity contribution in [3.8, 4) is 0 Å². The number of carbonyl (C=O) groups excluding carboxylic acids is 2. The van der Waals surface area contributed by atoms with E-state index in [0.717, 1.165) is 49.3 Å². The van der Waals surface area contributed by atoms with Gasteiger partial charge in [-0.05, 0) is 75.4 Å². The van der Waals surface area contributed by atoms with Crippen LogP contribution >= 0.6 is 11.9 Å². The van der Waals surface area contributed by atoms with Crippen LogP contribution in [0.1, 0.15) is 92.0 Å². The molecule has 3 aromatic rings. The van der Waals surface area contributed by atoms with Crippen molar-refractivity contribution >= 4 is 35.8 Å². The van der Waals surface area contributed by atoms with Crippen molar-refractivity contribution in [2.75, 3.05) is 16.8 Å². The lowest BCUT2D eigenvalue weighted by Crippen LogP contribution is -2.40. The molecule has 0 spiro atoms.